The molecular formula is C16H22F2N2O3S2. The summed E-state index contributed by atoms with van der Waals surface area (Å²) >= 11 is 1.86. The first-order valence-corrected chi connectivity index (χ1v) is 10.9. The second-order valence-corrected chi connectivity index (χ2v) is 9.27. The normalized spacial score (nSPS) is 25.4. The molecule has 2 saturated heterocycles. The zero-order valence-corrected chi connectivity index (χ0v) is 15.4. The van der Waals surface area contributed by atoms with E-state index in [-0.39, 0.29) is 16.1 Å². The maximum absolute atomic E-state index is 12.9. The summed E-state index contributed by atoms with van der Waals surface area (Å²) in [7, 11) is -4.63. The molecule has 2 heterocycles. The van der Waals surface area contributed by atoms with Crippen LogP contribution in [0.25, 0.3) is 0 Å². The Morgan fingerprint density at radius 2 is 2.00 bits per heavy atom. The van der Waals surface area contributed by atoms with Crippen LogP contribution in [-0.4, -0.2) is 69.0 Å². The fourth-order valence-electron chi connectivity index (χ4n) is 3.35. The van der Waals surface area contributed by atoms with Gasteiger partial charge in [0.05, 0.1) is 23.8 Å². The average molecular weight is 392 g/mol. The largest absolute Gasteiger partial charge is 0.382 e. The molecule has 0 bridgehead atoms. The summed E-state index contributed by atoms with van der Waals surface area (Å²) in [6.45, 7) is 3.56. The van der Waals surface area contributed by atoms with Crippen molar-refractivity contribution in [2.24, 2.45) is 0 Å². The number of nitrogens with zero attached hydrogens (tertiary/aromatic N) is 1. The average Bonchev–Trinajstić information content (AvgIpc) is 3.11. The van der Waals surface area contributed by atoms with Gasteiger partial charge in [-0.15, -0.1) is 0 Å². The summed E-state index contributed by atoms with van der Waals surface area (Å²) in [5.41, 5.74) is 0.142. The molecule has 0 radical (unpaired) electrons. The molecule has 2 aliphatic heterocycles. The van der Waals surface area contributed by atoms with Gasteiger partial charge in [-0.05, 0) is 24.3 Å². The van der Waals surface area contributed by atoms with E-state index in [9.17, 15) is 17.2 Å². The Morgan fingerprint density at radius 3 is 2.64 bits per heavy atom. The first-order chi connectivity index (χ1) is 12.0. The van der Waals surface area contributed by atoms with Gasteiger partial charge in [-0.2, -0.15) is 20.5 Å². The topological polar surface area (TPSA) is 58.6 Å². The number of alkyl halides is 2. The van der Waals surface area contributed by atoms with E-state index in [0.717, 1.165) is 31.0 Å². The van der Waals surface area contributed by atoms with Gasteiger partial charge < -0.3 is 10.1 Å². The third-order valence-electron chi connectivity index (χ3n) is 4.80. The molecule has 1 N–H and O–H groups in total. The number of nitrogens with one attached hydrogen (secondary N) is 1. The van der Waals surface area contributed by atoms with Gasteiger partial charge in [-0.3, -0.25) is 4.90 Å². The molecule has 3 rings (SSSR count). The molecule has 0 aromatic heterocycles. The lowest BCUT2D eigenvalue weighted by atomic mass is 9.95. The van der Waals surface area contributed by atoms with E-state index in [1.54, 1.807) is 12.1 Å². The van der Waals surface area contributed by atoms with Gasteiger partial charge in [0.1, 0.15) is 0 Å². The van der Waals surface area contributed by atoms with Crippen LogP contribution in [0.1, 0.15) is 6.42 Å². The Hall–Kier alpha value is -0.900. The monoisotopic (exact) mass is 392 g/mol. The summed E-state index contributed by atoms with van der Waals surface area (Å²) in [6.07, 6.45) is 0.981. The molecule has 1 aromatic rings. The van der Waals surface area contributed by atoms with Gasteiger partial charge in [-0.1, -0.05) is 12.1 Å². The lowest BCUT2D eigenvalue weighted by Gasteiger charge is -2.43. The number of morpholine rings is 1. The predicted octanol–water partition coefficient (Wildman–Crippen LogP) is 2.30. The predicted molar refractivity (Wildman–Crippen MR) is 95.2 cm³/mol. The minimum Gasteiger partial charge on any atom is -0.382 e. The third-order valence-corrected chi connectivity index (χ3v) is 7.47. The lowest BCUT2D eigenvalue weighted by molar-refractivity contribution is -0.00921. The van der Waals surface area contributed by atoms with Crippen molar-refractivity contribution in [3.05, 3.63) is 24.3 Å². The molecule has 25 heavy (non-hydrogen) atoms. The van der Waals surface area contributed by atoms with Crippen LogP contribution < -0.4 is 5.32 Å². The number of thioether (sulfide) groups is 1. The van der Waals surface area contributed by atoms with Gasteiger partial charge in [-0.25, -0.2) is 8.42 Å². The van der Waals surface area contributed by atoms with Crippen molar-refractivity contribution in [2.45, 2.75) is 22.6 Å². The maximum atomic E-state index is 12.9. The number of rotatable bonds is 6. The molecule has 0 saturated carbocycles. The Bertz CT molecular complexity index is 688. The standard InChI is InChI=1S/C16H22F2N2O3S2/c17-15(18)25(21,22)14-4-2-1-3-13(14)19-11-16(5-10-24-12-16)20-6-8-23-9-7-20/h1-4,15,19H,5-12H2. The van der Waals surface area contributed by atoms with E-state index in [1.165, 1.54) is 12.1 Å². The Kier molecular flexibility index (Phi) is 5.87. The van der Waals surface area contributed by atoms with Crippen LogP contribution in [0, 0.1) is 0 Å². The van der Waals surface area contributed by atoms with Crippen LogP contribution >= 0.6 is 11.8 Å². The molecule has 5 nitrogen and oxygen atoms in total. The van der Waals surface area contributed by atoms with Crippen molar-refractivity contribution in [1.82, 2.24) is 4.90 Å². The van der Waals surface area contributed by atoms with Crippen molar-refractivity contribution in [3.8, 4) is 0 Å². The molecular weight excluding hydrogens is 370 g/mol. The highest BCUT2D eigenvalue weighted by Crippen LogP contribution is 2.35. The summed E-state index contributed by atoms with van der Waals surface area (Å²) in [5.74, 6) is -1.45. The van der Waals surface area contributed by atoms with E-state index in [0.29, 0.717) is 19.8 Å². The number of halogens is 2. The fraction of sp³-hybridized carbons (Fsp3) is 0.625. The lowest BCUT2D eigenvalue weighted by Crippen LogP contribution is -2.57. The number of ether oxygens (including phenoxy) is 1. The smallest absolute Gasteiger partial charge is 0.341 e. The van der Waals surface area contributed by atoms with Crippen LogP contribution in [-0.2, 0) is 14.6 Å². The van der Waals surface area contributed by atoms with E-state index in [1.807, 2.05) is 11.8 Å². The zero-order chi connectivity index (χ0) is 17.9. The zero-order valence-electron chi connectivity index (χ0n) is 13.8. The molecule has 1 unspecified atom stereocenters. The molecule has 140 valence electrons. The summed E-state index contributed by atoms with van der Waals surface area (Å²) in [6, 6.07) is 5.89. The SMILES string of the molecule is O=S(=O)(c1ccccc1NCC1(N2CCOCC2)CCSC1)C(F)F. The van der Waals surface area contributed by atoms with Crippen molar-refractivity contribution in [3.63, 3.8) is 0 Å². The van der Waals surface area contributed by atoms with E-state index >= 15 is 0 Å². The summed E-state index contributed by atoms with van der Waals surface area (Å²) in [4.78, 5) is 2.04. The fourth-order valence-corrected chi connectivity index (χ4v) is 5.74. The Balaban J connectivity index is 1.80. The highest BCUT2D eigenvalue weighted by molar-refractivity contribution is 7.99. The van der Waals surface area contributed by atoms with Crippen LogP contribution in [0.5, 0.6) is 0 Å². The van der Waals surface area contributed by atoms with Gasteiger partial charge in [0.15, 0.2) is 0 Å². The Labute approximate surface area is 151 Å². The highest BCUT2D eigenvalue weighted by atomic mass is 32.2. The third kappa shape index (κ3) is 3.94. The maximum Gasteiger partial charge on any atom is 0.341 e. The molecule has 1 atom stereocenters. The number of hydrogen-bond donors (Lipinski definition) is 1. The summed E-state index contributed by atoms with van der Waals surface area (Å²) < 4.78 is 55.1. The minimum absolute atomic E-state index is 0.101. The van der Waals surface area contributed by atoms with Crippen molar-refractivity contribution < 1.29 is 21.9 Å². The second kappa shape index (κ2) is 7.77. The van der Waals surface area contributed by atoms with Crippen LogP contribution in [0.3, 0.4) is 0 Å². The van der Waals surface area contributed by atoms with Gasteiger partial charge in [0.2, 0.25) is 9.84 Å². The summed E-state index contributed by atoms with van der Waals surface area (Å²) in [5, 5.41) is 3.15. The van der Waals surface area contributed by atoms with Crippen LogP contribution in [0.4, 0.5) is 14.5 Å². The van der Waals surface area contributed by atoms with Crippen LogP contribution in [0.15, 0.2) is 29.2 Å². The molecule has 1 aromatic carbocycles. The number of hydrogen-bond acceptors (Lipinski definition) is 6. The van der Waals surface area contributed by atoms with Gasteiger partial charge in [0.25, 0.3) is 0 Å². The molecule has 0 amide bonds. The van der Waals surface area contributed by atoms with Crippen molar-refractivity contribution in [1.29, 1.82) is 0 Å². The molecule has 0 aliphatic carbocycles. The first kappa shape index (κ1) is 18.9. The van der Waals surface area contributed by atoms with Crippen molar-refractivity contribution in [2.75, 3.05) is 49.7 Å². The highest BCUT2D eigenvalue weighted by Gasteiger charge is 2.41. The number of anilines is 1. The molecule has 0 spiro atoms. The first-order valence-electron chi connectivity index (χ1n) is 8.21. The van der Waals surface area contributed by atoms with Gasteiger partial charge in [0, 0.05) is 30.9 Å². The molecule has 9 heteroatoms. The number of sulfone groups is 1. The van der Waals surface area contributed by atoms with Crippen molar-refractivity contribution >= 4 is 27.3 Å². The van der Waals surface area contributed by atoms with E-state index < -0.39 is 15.6 Å². The quantitative estimate of drug-likeness (QED) is 0.802. The van der Waals surface area contributed by atoms with E-state index in [2.05, 4.69) is 10.2 Å². The second-order valence-electron chi connectivity index (χ2n) is 6.28. The minimum atomic E-state index is -4.63. The molecule has 2 aliphatic rings. The van der Waals surface area contributed by atoms with Crippen LogP contribution in [0.2, 0.25) is 0 Å². The van der Waals surface area contributed by atoms with Gasteiger partial charge >= 0.3 is 5.76 Å². The number of para-hydroxylation sites is 1. The van der Waals surface area contributed by atoms with E-state index in [4.69, 9.17) is 4.74 Å². The molecule has 2 fully saturated rings. The Morgan fingerprint density at radius 1 is 1.28 bits per heavy atom. The number of benzene rings is 1.